The van der Waals surface area contributed by atoms with Gasteiger partial charge in [0.2, 0.25) is 0 Å². The molecule has 0 bridgehead atoms. The number of nitrogens with two attached hydrogens (primary N) is 1. The maximum Gasteiger partial charge on any atom is 0.338 e. The van der Waals surface area contributed by atoms with Crippen LogP contribution in [0, 0.1) is 0 Å². The van der Waals surface area contributed by atoms with Crippen LogP contribution in [0.2, 0.25) is 0 Å². The van der Waals surface area contributed by atoms with Crippen LogP contribution in [0.25, 0.3) is 0 Å². The van der Waals surface area contributed by atoms with E-state index >= 15 is 0 Å². The Bertz CT molecular complexity index is 686. The first-order valence-electron chi connectivity index (χ1n) is 6.59. The van der Waals surface area contributed by atoms with Crippen LogP contribution in [0.1, 0.15) is 17.3 Å². The zero-order chi connectivity index (χ0) is 16.1. The number of carbonyl (C=O) groups is 2. The molecule has 2 aromatic carbocycles. The van der Waals surface area contributed by atoms with Gasteiger partial charge in [-0.1, -0.05) is 12.1 Å². The quantitative estimate of drug-likeness (QED) is 0.646. The van der Waals surface area contributed by atoms with Gasteiger partial charge in [-0.15, -0.1) is 0 Å². The molecule has 0 radical (unpaired) electrons. The second kappa shape index (κ2) is 7.09. The molecule has 22 heavy (non-hydrogen) atoms. The molecule has 0 saturated heterocycles. The lowest BCUT2D eigenvalue weighted by Gasteiger charge is -2.14. The highest BCUT2D eigenvalue weighted by molar-refractivity contribution is 9.10. The van der Waals surface area contributed by atoms with E-state index in [9.17, 15) is 9.59 Å². The van der Waals surface area contributed by atoms with E-state index in [0.29, 0.717) is 16.9 Å². The van der Waals surface area contributed by atoms with Gasteiger partial charge in [0.1, 0.15) is 0 Å². The summed E-state index contributed by atoms with van der Waals surface area (Å²) in [4.78, 5) is 24.0. The highest BCUT2D eigenvalue weighted by Gasteiger charge is 2.19. The Balaban J connectivity index is 1.98. The number of nitrogen functional groups attached to an aromatic ring is 1. The zero-order valence-corrected chi connectivity index (χ0v) is 13.5. The molecular weight excluding hydrogens is 348 g/mol. The number of benzene rings is 2. The van der Waals surface area contributed by atoms with Crippen molar-refractivity contribution in [3.63, 3.8) is 0 Å². The molecule has 1 unspecified atom stereocenters. The largest absolute Gasteiger partial charge is 0.449 e. The number of carbonyl (C=O) groups excluding carboxylic acids is 2. The van der Waals surface area contributed by atoms with Crippen molar-refractivity contribution in [3.05, 3.63) is 58.6 Å². The summed E-state index contributed by atoms with van der Waals surface area (Å²) in [6.07, 6.45) is -0.919. The summed E-state index contributed by atoms with van der Waals surface area (Å²) in [5, 5.41) is 2.69. The predicted molar refractivity (Wildman–Crippen MR) is 88.5 cm³/mol. The molecule has 0 saturated carbocycles. The summed E-state index contributed by atoms with van der Waals surface area (Å²) in [6, 6.07) is 13.5. The topological polar surface area (TPSA) is 81.4 Å². The number of amides is 1. The molecule has 114 valence electrons. The van der Waals surface area contributed by atoms with Crippen molar-refractivity contribution >= 4 is 39.2 Å². The monoisotopic (exact) mass is 362 g/mol. The molecule has 2 aromatic rings. The van der Waals surface area contributed by atoms with Gasteiger partial charge in [0.15, 0.2) is 6.10 Å². The molecule has 0 spiro atoms. The van der Waals surface area contributed by atoms with Crippen LogP contribution in [0.15, 0.2) is 53.0 Å². The van der Waals surface area contributed by atoms with Gasteiger partial charge in [0.05, 0.1) is 11.3 Å². The number of halogens is 1. The lowest BCUT2D eigenvalue weighted by atomic mass is 10.2. The number of ether oxygens (including phenoxy) is 1. The van der Waals surface area contributed by atoms with Gasteiger partial charge >= 0.3 is 5.97 Å². The fourth-order valence-electron chi connectivity index (χ4n) is 1.70. The molecule has 1 atom stereocenters. The Morgan fingerprint density at radius 3 is 2.41 bits per heavy atom. The number of para-hydroxylation sites is 1. The van der Waals surface area contributed by atoms with Gasteiger partial charge in [-0.3, -0.25) is 4.79 Å². The molecule has 0 aromatic heterocycles. The molecule has 1 amide bonds. The summed E-state index contributed by atoms with van der Waals surface area (Å²) in [6.45, 7) is 1.52. The van der Waals surface area contributed by atoms with E-state index in [4.69, 9.17) is 10.5 Å². The molecule has 0 fully saturated rings. The summed E-state index contributed by atoms with van der Waals surface area (Å²) >= 11 is 3.33. The molecule has 0 aliphatic heterocycles. The Hall–Kier alpha value is -2.34. The summed E-state index contributed by atoms with van der Waals surface area (Å²) in [5.74, 6) is -0.981. The Labute approximate surface area is 136 Å². The van der Waals surface area contributed by atoms with Gasteiger partial charge in [-0.25, -0.2) is 4.79 Å². The average molecular weight is 363 g/mol. The normalized spacial score (nSPS) is 11.5. The predicted octanol–water partition coefficient (Wildman–Crippen LogP) is 3.22. The molecule has 0 aliphatic carbocycles. The van der Waals surface area contributed by atoms with E-state index in [1.165, 1.54) is 6.92 Å². The third kappa shape index (κ3) is 4.08. The first kappa shape index (κ1) is 16.0. The van der Waals surface area contributed by atoms with Gasteiger partial charge in [-0.05, 0) is 59.3 Å². The summed E-state index contributed by atoms with van der Waals surface area (Å²) < 4.78 is 5.89. The molecule has 6 heteroatoms. The first-order chi connectivity index (χ1) is 10.5. The molecule has 0 aliphatic rings. The first-order valence-corrected chi connectivity index (χ1v) is 7.38. The fraction of sp³-hybridized carbons (Fsp3) is 0.125. The number of esters is 1. The van der Waals surface area contributed by atoms with Crippen molar-refractivity contribution < 1.29 is 14.3 Å². The van der Waals surface area contributed by atoms with Crippen molar-refractivity contribution in [3.8, 4) is 0 Å². The van der Waals surface area contributed by atoms with E-state index in [0.717, 1.165) is 4.47 Å². The van der Waals surface area contributed by atoms with Crippen LogP contribution in [0.3, 0.4) is 0 Å². The van der Waals surface area contributed by atoms with Crippen molar-refractivity contribution in [1.29, 1.82) is 0 Å². The van der Waals surface area contributed by atoms with Gasteiger partial charge in [0, 0.05) is 10.2 Å². The highest BCUT2D eigenvalue weighted by atomic mass is 79.9. The maximum atomic E-state index is 12.1. The summed E-state index contributed by atoms with van der Waals surface area (Å²) in [7, 11) is 0. The van der Waals surface area contributed by atoms with E-state index < -0.39 is 18.0 Å². The van der Waals surface area contributed by atoms with Crippen LogP contribution in [-0.4, -0.2) is 18.0 Å². The maximum absolute atomic E-state index is 12.1. The molecule has 3 N–H and O–H groups in total. The SMILES string of the molecule is CC(OC(=O)c1ccc(N)cc1)C(=O)Nc1ccccc1Br. The second-order valence-electron chi connectivity index (χ2n) is 4.64. The minimum atomic E-state index is -0.919. The Kier molecular flexibility index (Phi) is 5.16. The van der Waals surface area contributed by atoms with E-state index in [-0.39, 0.29) is 0 Å². The number of rotatable bonds is 4. The number of hydrogen-bond donors (Lipinski definition) is 2. The minimum Gasteiger partial charge on any atom is -0.449 e. The lowest BCUT2D eigenvalue weighted by molar-refractivity contribution is -0.123. The molecule has 5 nitrogen and oxygen atoms in total. The van der Waals surface area contributed by atoms with Crippen LogP contribution in [0.4, 0.5) is 11.4 Å². The Morgan fingerprint density at radius 2 is 1.77 bits per heavy atom. The van der Waals surface area contributed by atoms with E-state index in [2.05, 4.69) is 21.2 Å². The van der Waals surface area contributed by atoms with Crippen molar-refractivity contribution in [1.82, 2.24) is 0 Å². The van der Waals surface area contributed by atoms with Crippen LogP contribution in [-0.2, 0) is 9.53 Å². The summed E-state index contributed by atoms with van der Waals surface area (Å²) in [5.41, 5.74) is 7.06. The van der Waals surface area contributed by atoms with Crippen molar-refractivity contribution in [2.75, 3.05) is 11.1 Å². The van der Waals surface area contributed by atoms with Gasteiger partial charge in [0.25, 0.3) is 5.91 Å². The highest BCUT2D eigenvalue weighted by Crippen LogP contribution is 2.21. The van der Waals surface area contributed by atoms with Gasteiger partial charge in [-0.2, -0.15) is 0 Å². The van der Waals surface area contributed by atoms with Crippen molar-refractivity contribution in [2.45, 2.75) is 13.0 Å². The zero-order valence-electron chi connectivity index (χ0n) is 11.9. The third-order valence-corrected chi connectivity index (χ3v) is 3.62. The van der Waals surface area contributed by atoms with E-state index in [1.54, 1.807) is 42.5 Å². The fourth-order valence-corrected chi connectivity index (χ4v) is 2.08. The number of anilines is 2. The minimum absolute atomic E-state index is 0.342. The molecule has 0 heterocycles. The number of hydrogen-bond acceptors (Lipinski definition) is 4. The van der Waals surface area contributed by atoms with E-state index in [1.807, 2.05) is 6.07 Å². The molecule has 2 rings (SSSR count). The number of nitrogens with one attached hydrogen (secondary N) is 1. The van der Waals surface area contributed by atoms with Crippen LogP contribution in [0.5, 0.6) is 0 Å². The average Bonchev–Trinajstić information content (AvgIpc) is 2.50. The third-order valence-electron chi connectivity index (χ3n) is 2.93. The second-order valence-corrected chi connectivity index (χ2v) is 5.49. The molecular formula is C16H15BrN2O3. The standard InChI is InChI=1S/C16H15BrN2O3/c1-10(15(20)19-14-5-3-2-4-13(14)17)22-16(21)11-6-8-12(18)9-7-11/h2-10H,18H2,1H3,(H,19,20). The Morgan fingerprint density at radius 1 is 1.14 bits per heavy atom. The van der Waals surface area contributed by atoms with Crippen LogP contribution < -0.4 is 11.1 Å². The van der Waals surface area contributed by atoms with Crippen LogP contribution >= 0.6 is 15.9 Å². The van der Waals surface area contributed by atoms with Gasteiger partial charge < -0.3 is 15.8 Å². The smallest absolute Gasteiger partial charge is 0.338 e. The lowest BCUT2D eigenvalue weighted by Crippen LogP contribution is -2.30. The van der Waals surface area contributed by atoms with Crippen molar-refractivity contribution in [2.24, 2.45) is 0 Å².